The summed E-state index contributed by atoms with van der Waals surface area (Å²) in [5.41, 5.74) is 4.53. The van der Waals surface area contributed by atoms with Crippen molar-refractivity contribution in [1.82, 2.24) is 4.90 Å². The number of nitrogens with two attached hydrogens (primary N) is 1. The lowest BCUT2D eigenvalue weighted by Crippen LogP contribution is -2.39. The Morgan fingerprint density at radius 2 is 1.95 bits per heavy atom. The summed E-state index contributed by atoms with van der Waals surface area (Å²) in [5.74, 6) is 0.687. The Kier molecular flexibility index (Phi) is 8.10. The lowest BCUT2D eigenvalue weighted by Gasteiger charge is -2.38. The molecular weight excluding hydrogens is 308 g/mol. The van der Waals surface area contributed by atoms with Gasteiger partial charge in [-0.15, -0.1) is 0 Å². The number of aliphatic hydroxyl groups excluding tert-OH is 1. The van der Waals surface area contributed by atoms with E-state index in [4.69, 9.17) is 22.1 Å². The van der Waals surface area contributed by atoms with Crippen LogP contribution in [-0.4, -0.2) is 46.8 Å². The first kappa shape index (κ1) is 20.1. The average molecular weight is 335 g/mol. The SMILES string of the molecule is CC1CC(C)(C)CC(=O)C1COC(=S)N(C)C.NC(O)=S. The van der Waals surface area contributed by atoms with Crippen LogP contribution >= 0.6 is 24.4 Å². The number of aliphatic hydroxyl groups is 1. The van der Waals surface area contributed by atoms with Gasteiger partial charge in [0.25, 0.3) is 10.3 Å². The molecule has 0 saturated heterocycles. The third-order valence-electron chi connectivity index (χ3n) is 3.38. The van der Waals surface area contributed by atoms with E-state index >= 15 is 0 Å². The van der Waals surface area contributed by atoms with Gasteiger partial charge in [-0.25, -0.2) is 0 Å². The first-order valence-corrected chi connectivity index (χ1v) is 7.63. The molecule has 0 aromatic heterocycles. The smallest absolute Gasteiger partial charge is 0.258 e. The largest absolute Gasteiger partial charge is 0.487 e. The van der Waals surface area contributed by atoms with E-state index < -0.39 is 5.17 Å². The standard InChI is InChI=1S/C13H23NO2S.CH3NOS/c1-9-6-13(2,3)7-11(15)10(9)8-16-12(17)14(4)5;2-1(3)4/h9-10H,6-8H2,1-5H3;(H3,2,3,4). The summed E-state index contributed by atoms with van der Waals surface area (Å²) in [6, 6.07) is 0. The van der Waals surface area contributed by atoms with Crippen LogP contribution in [0.4, 0.5) is 0 Å². The molecule has 5 nitrogen and oxygen atoms in total. The zero-order valence-electron chi connectivity index (χ0n) is 13.4. The Labute approximate surface area is 137 Å². The minimum absolute atomic E-state index is 0.000856. The van der Waals surface area contributed by atoms with E-state index in [0.717, 1.165) is 6.42 Å². The third-order valence-corrected chi connectivity index (χ3v) is 3.86. The number of Topliss-reactive ketones (excluding diaryl/α,β-unsaturated/α-hetero) is 1. The van der Waals surface area contributed by atoms with Crippen molar-refractivity contribution >= 4 is 40.6 Å². The summed E-state index contributed by atoms with van der Waals surface area (Å²) in [5, 5.41) is 7.52. The van der Waals surface area contributed by atoms with Gasteiger partial charge in [0.1, 0.15) is 12.4 Å². The second kappa shape index (κ2) is 8.48. The summed E-state index contributed by atoms with van der Waals surface area (Å²) in [4.78, 5) is 13.8. The molecule has 3 N–H and O–H groups in total. The molecule has 1 rings (SSSR count). The van der Waals surface area contributed by atoms with Crippen LogP contribution in [0.2, 0.25) is 0 Å². The molecule has 2 atom stereocenters. The Hall–Kier alpha value is -0.950. The Balaban J connectivity index is 0.000000885. The van der Waals surface area contributed by atoms with Gasteiger partial charge in [0.05, 0.1) is 5.92 Å². The van der Waals surface area contributed by atoms with Crippen LogP contribution in [0.3, 0.4) is 0 Å². The molecule has 2 unspecified atom stereocenters. The molecule has 0 bridgehead atoms. The maximum atomic E-state index is 12.1. The van der Waals surface area contributed by atoms with Crippen LogP contribution in [0.25, 0.3) is 0 Å². The number of ether oxygens (including phenoxy) is 1. The van der Waals surface area contributed by atoms with Crippen molar-refractivity contribution in [2.24, 2.45) is 23.0 Å². The second-order valence-electron chi connectivity index (χ2n) is 6.40. The van der Waals surface area contributed by atoms with E-state index in [0.29, 0.717) is 29.9 Å². The minimum atomic E-state index is -0.500. The predicted octanol–water partition coefficient (Wildman–Crippen LogP) is 2.28. The molecule has 0 heterocycles. The van der Waals surface area contributed by atoms with Crippen molar-refractivity contribution in [2.45, 2.75) is 33.6 Å². The fourth-order valence-corrected chi connectivity index (χ4v) is 2.62. The molecule has 0 aromatic rings. The number of hydrogen-bond donors (Lipinski definition) is 2. The van der Waals surface area contributed by atoms with Crippen LogP contribution in [0, 0.1) is 17.3 Å². The van der Waals surface area contributed by atoms with Crippen LogP contribution in [0.5, 0.6) is 0 Å². The number of thiocarbonyl (C=S) groups is 2. The second-order valence-corrected chi connectivity index (χ2v) is 7.17. The summed E-state index contributed by atoms with van der Waals surface area (Å²) >= 11 is 8.93. The molecular formula is C14H26N2O3S2. The van der Waals surface area contributed by atoms with Gasteiger partial charge in [0.2, 0.25) is 0 Å². The molecule has 0 radical (unpaired) electrons. The van der Waals surface area contributed by atoms with Crippen molar-refractivity contribution in [2.75, 3.05) is 20.7 Å². The highest BCUT2D eigenvalue weighted by Gasteiger charge is 2.38. The molecule has 122 valence electrons. The summed E-state index contributed by atoms with van der Waals surface area (Å²) in [6.45, 7) is 6.87. The third kappa shape index (κ3) is 8.16. The van der Waals surface area contributed by atoms with E-state index in [1.165, 1.54) is 0 Å². The fourth-order valence-electron chi connectivity index (χ4n) is 2.55. The lowest BCUT2D eigenvalue weighted by molar-refractivity contribution is -0.131. The molecule has 0 spiro atoms. The highest BCUT2D eigenvalue weighted by atomic mass is 32.1. The maximum Gasteiger partial charge on any atom is 0.258 e. The Bertz CT molecular complexity index is 394. The van der Waals surface area contributed by atoms with E-state index in [1.807, 2.05) is 14.1 Å². The van der Waals surface area contributed by atoms with Crippen LogP contribution in [0.1, 0.15) is 33.6 Å². The molecule has 1 fully saturated rings. The van der Waals surface area contributed by atoms with Gasteiger partial charge in [-0.05, 0) is 42.2 Å². The number of rotatable bonds is 2. The first-order chi connectivity index (χ1) is 9.46. The highest BCUT2D eigenvalue weighted by Crippen LogP contribution is 2.39. The van der Waals surface area contributed by atoms with Crippen molar-refractivity contribution in [3.8, 4) is 0 Å². The van der Waals surface area contributed by atoms with Crippen LogP contribution < -0.4 is 5.73 Å². The Morgan fingerprint density at radius 3 is 2.33 bits per heavy atom. The Morgan fingerprint density at radius 1 is 1.48 bits per heavy atom. The van der Waals surface area contributed by atoms with Crippen LogP contribution in [-0.2, 0) is 9.53 Å². The molecule has 1 aliphatic carbocycles. The van der Waals surface area contributed by atoms with E-state index in [2.05, 4.69) is 38.7 Å². The number of hydrogen-bond acceptors (Lipinski definition) is 4. The van der Waals surface area contributed by atoms with Gasteiger partial charge in [0, 0.05) is 20.5 Å². The normalized spacial score (nSPS) is 23.6. The van der Waals surface area contributed by atoms with Gasteiger partial charge in [0.15, 0.2) is 0 Å². The number of ketones is 1. The van der Waals surface area contributed by atoms with Crippen molar-refractivity contribution < 1.29 is 14.6 Å². The quantitative estimate of drug-likeness (QED) is 0.750. The van der Waals surface area contributed by atoms with Crippen molar-refractivity contribution in [3.63, 3.8) is 0 Å². The van der Waals surface area contributed by atoms with Gasteiger partial charge in [-0.3, -0.25) is 4.79 Å². The topological polar surface area (TPSA) is 75.8 Å². The van der Waals surface area contributed by atoms with Gasteiger partial charge < -0.3 is 20.5 Å². The van der Waals surface area contributed by atoms with Gasteiger partial charge in [-0.2, -0.15) is 0 Å². The molecule has 0 amide bonds. The number of carbonyl (C=O) groups is 1. The summed E-state index contributed by atoms with van der Waals surface area (Å²) in [6.07, 6.45) is 1.72. The lowest BCUT2D eigenvalue weighted by atomic mass is 9.67. The predicted molar refractivity (Wildman–Crippen MR) is 92.3 cm³/mol. The summed E-state index contributed by atoms with van der Waals surface area (Å²) in [7, 11) is 3.69. The van der Waals surface area contributed by atoms with Crippen molar-refractivity contribution in [3.05, 3.63) is 0 Å². The zero-order valence-corrected chi connectivity index (χ0v) is 15.0. The van der Waals surface area contributed by atoms with E-state index in [9.17, 15) is 4.79 Å². The minimum Gasteiger partial charge on any atom is -0.487 e. The van der Waals surface area contributed by atoms with Gasteiger partial charge >= 0.3 is 0 Å². The van der Waals surface area contributed by atoms with E-state index in [-0.39, 0.29) is 11.3 Å². The first-order valence-electron chi connectivity index (χ1n) is 6.81. The highest BCUT2D eigenvalue weighted by molar-refractivity contribution is 7.80. The summed E-state index contributed by atoms with van der Waals surface area (Å²) < 4.78 is 5.49. The maximum absolute atomic E-state index is 12.1. The van der Waals surface area contributed by atoms with Gasteiger partial charge in [-0.1, -0.05) is 20.8 Å². The van der Waals surface area contributed by atoms with Crippen molar-refractivity contribution in [1.29, 1.82) is 0 Å². The molecule has 21 heavy (non-hydrogen) atoms. The molecule has 0 aliphatic heterocycles. The molecule has 7 heteroatoms. The fraction of sp³-hybridized carbons (Fsp3) is 0.786. The average Bonchev–Trinajstić information content (AvgIpc) is 2.24. The molecule has 1 aliphatic rings. The number of carbonyl (C=O) groups excluding carboxylic acids is 1. The molecule has 0 aromatic carbocycles. The monoisotopic (exact) mass is 334 g/mol. The number of nitrogens with zero attached hydrogens (tertiary/aromatic N) is 1. The van der Waals surface area contributed by atoms with E-state index in [1.54, 1.807) is 4.90 Å². The molecule has 1 saturated carbocycles. The zero-order chi connectivity index (χ0) is 16.8. The van der Waals surface area contributed by atoms with Crippen LogP contribution in [0.15, 0.2) is 0 Å².